The summed E-state index contributed by atoms with van der Waals surface area (Å²) in [6, 6.07) is 2.33. The van der Waals surface area contributed by atoms with Gasteiger partial charge in [0.1, 0.15) is 11.3 Å². The van der Waals surface area contributed by atoms with E-state index in [1.807, 2.05) is 12.4 Å². The molecular formula is C21H25N7O2. The van der Waals surface area contributed by atoms with Crippen LogP contribution in [-0.2, 0) is 4.74 Å². The number of nitrogens with zero attached hydrogens (tertiary/aromatic N) is 6. The zero-order chi connectivity index (χ0) is 20.3. The number of ether oxygens (including phenoxy) is 1. The number of carbonyl (C=O) groups excluding carboxylic acids is 1. The molecule has 9 nitrogen and oxygen atoms in total. The first-order valence-corrected chi connectivity index (χ1v) is 10.5. The topological polar surface area (TPSA) is 98.1 Å². The lowest BCUT2D eigenvalue weighted by Gasteiger charge is -2.32. The van der Waals surface area contributed by atoms with Gasteiger partial charge in [-0.15, -0.1) is 0 Å². The van der Waals surface area contributed by atoms with Crippen LogP contribution >= 0.6 is 0 Å². The van der Waals surface area contributed by atoms with Gasteiger partial charge in [-0.05, 0) is 31.7 Å². The highest BCUT2D eigenvalue weighted by atomic mass is 16.5. The third-order valence-corrected chi connectivity index (χ3v) is 5.96. The molecular weight excluding hydrogens is 382 g/mol. The summed E-state index contributed by atoms with van der Waals surface area (Å²) in [5, 5.41) is 3.15. The quantitative estimate of drug-likeness (QED) is 0.706. The van der Waals surface area contributed by atoms with E-state index < -0.39 is 0 Å². The van der Waals surface area contributed by atoms with Crippen molar-refractivity contribution in [3.05, 3.63) is 42.7 Å². The van der Waals surface area contributed by atoms with Gasteiger partial charge in [0, 0.05) is 57.0 Å². The number of piperidine rings is 1. The lowest BCUT2D eigenvalue weighted by atomic mass is 10.0. The largest absolute Gasteiger partial charge is 0.381 e. The van der Waals surface area contributed by atoms with Crippen LogP contribution in [0.5, 0.6) is 0 Å². The molecule has 3 aromatic rings. The lowest BCUT2D eigenvalue weighted by molar-refractivity contribution is 0.0704. The van der Waals surface area contributed by atoms with Crippen LogP contribution in [0.4, 0.5) is 5.82 Å². The predicted octanol–water partition coefficient (Wildman–Crippen LogP) is 1.97. The Labute approximate surface area is 174 Å². The first-order valence-electron chi connectivity index (χ1n) is 10.5. The Kier molecular flexibility index (Phi) is 5.27. The maximum Gasteiger partial charge on any atom is 0.253 e. The van der Waals surface area contributed by atoms with Crippen LogP contribution in [0, 0.1) is 0 Å². The van der Waals surface area contributed by atoms with E-state index >= 15 is 0 Å². The minimum atomic E-state index is -0.0945. The molecule has 9 heteroatoms. The molecule has 2 aliphatic rings. The summed E-state index contributed by atoms with van der Waals surface area (Å²) in [4.78, 5) is 32.5. The monoisotopic (exact) mass is 407 g/mol. The second kappa shape index (κ2) is 8.35. The van der Waals surface area contributed by atoms with Crippen molar-refractivity contribution in [3.8, 4) is 0 Å². The average molecular weight is 407 g/mol. The van der Waals surface area contributed by atoms with Gasteiger partial charge >= 0.3 is 0 Å². The van der Waals surface area contributed by atoms with Gasteiger partial charge < -0.3 is 19.5 Å². The first kappa shape index (κ1) is 18.9. The summed E-state index contributed by atoms with van der Waals surface area (Å²) >= 11 is 0. The Balaban J connectivity index is 1.22. The Morgan fingerprint density at radius 3 is 2.63 bits per heavy atom. The maximum absolute atomic E-state index is 12.8. The van der Waals surface area contributed by atoms with Gasteiger partial charge in [-0.25, -0.2) is 15.0 Å². The van der Waals surface area contributed by atoms with Gasteiger partial charge in [-0.2, -0.15) is 0 Å². The van der Waals surface area contributed by atoms with Crippen LogP contribution in [0.2, 0.25) is 0 Å². The smallest absolute Gasteiger partial charge is 0.253 e. The molecule has 2 aliphatic heterocycles. The molecule has 30 heavy (non-hydrogen) atoms. The normalized spacial score (nSPS) is 18.6. The molecule has 2 saturated heterocycles. The van der Waals surface area contributed by atoms with E-state index in [-0.39, 0.29) is 11.9 Å². The molecule has 1 amide bonds. The Bertz CT molecular complexity index is 1010. The van der Waals surface area contributed by atoms with E-state index in [0.717, 1.165) is 69.0 Å². The molecule has 1 N–H and O–H groups in total. The van der Waals surface area contributed by atoms with E-state index in [1.165, 1.54) is 0 Å². The van der Waals surface area contributed by atoms with E-state index in [9.17, 15) is 4.79 Å². The van der Waals surface area contributed by atoms with E-state index in [1.54, 1.807) is 24.8 Å². The second-order valence-electron chi connectivity index (χ2n) is 7.86. The fraction of sp³-hybridized carbons (Fsp3) is 0.476. The molecule has 0 unspecified atom stereocenters. The molecule has 0 atom stereocenters. The Morgan fingerprint density at radius 2 is 1.87 bits per heavy atom. The van der Waals surface area contributed by atoms with Gasteiger partial charge in [-0.1, -0.05) is 0 Å². The standard InChI is InChI=1S/C21H25N7O2/c29-21(26-16-1-7-27(8-2-16)19-13-22-5-6-23-19)15-11-18-20(24-12-15)28(14-25-18)17-3-9-30-10-4-17/h5-6,11-14,16-17H,1-4,7-10H2,(H,26,29). The van der Waals surface area contributed by atoms with Crippen molar-refractivity contribution in [1.29, 1.82) is 0 Å². The molecule has 2 fully saturated rings. The number of fused-ring (bicyclic) bond motifs is 1. The van der Waals surface area contributed by atoms with Crippen LogP contribution in [-0.4, -0.2) is 62.8 Å². The molecule has 5 heterocycles. The average Bonchev–Trinajstić information content (AvgIpc) is 3.24. The van der Waals surface area contributed by atoms with Crippen molar-refractivity contribution >= 4 is 22.9 Å². The van der Waals surface area contributed by atoms with Crippen molar-refractivity contribution in [2.75, 3.05) is 31.2 Å². The van der Waals surface area contributed by atoms with Crippen LogP contribution in [0.15, 0.2) is 37.2 Å². The highest BCUT2D eigenvalue weighted by molar-refractivity contribution is 5.96. The van der Waals surface area contributed by atoms with Crippen molar-refractivity contribution in [2.45, 2.75) is 37.8 Å². The zero-order valence-electron chi connectivity index (χ0n) is 16.8. The van der Waals surface area contributed by atoms with Crippen LogP contribution in [0.3, 0.4) is 0 Å². The highest BCUT2D eigenvalue weighted by Crippen LogP contribution is 2.25. The molecule has 0 spiro atoms. The van der Waals surface area contributed by atoms with Crippen molar-refractivity contribution < 1.29 is 9.53 Å². The van der Waals surface area contributed by atoms with E-state index in [2.05, 4.69) is 34.7 Å². The molecule has 0 aliphatic carbocycles. The summed E-state index contributed by atoms with van der Waals surface area (Å²) in [7, 11) is 0. The van der Waals surface area contributed by atoms with Gasteiger partial charge in [0.15, 0.2) is 5.65 Å². The van der Waals surface area contributed by atoms with Crippen LogP contribution in [0.25, 0.3) is 11.2 Å². The van der Waals surface area contributed by atoms with Gasteiger partial charge in [0.05, 0.1) is 18.1 Å². The molecule has 0 saturated carbocycles. The Morgan fingerprint density at radius 1 is 1.03 bits per heavy atom. The van der Waals surface area contributed by atoms with Crippen molar-refractivity contribution in [3.63, 3.8) is 0 Å². The number of aromatic nitrogens is 5. The first-order chi connectivity index (χ1) is 14.8. The van der Waals surface area contributed by atoms with Crippen LogP contribution in [0.1, 0.15) is 42.1 Å². The SMILES string of the molecule is O=C(NC1CCN(c2cnccn2)CC1)c1cnc2c(c1)ncn2C1CCOCC1. The number of nitrogens with one attached hydrogen (secondary N) is 1. The number of amides is 1. The number of carbonyl (C=O) groups is 1. The lowest BCUT2D eigenvalue weighted by Crippen LogP contribution is -2.45. The highest BCUT2D eigenvalue weighted by Gasteiger charge is 2.23. The third-order valence-electron chi connectivity index (χ3n) is 5.96. The minimum absolute atomic E-state index is 0.0945. The Hall–Kier alpha value is -3.07. The summed E-state index contributed by atoms with van der Waals surface area (Å²) in [5.41, 5.74) is 2.14. The van der Waals surface area contributed by atoms with Gasteiger partial charge in [0.25, 0.3) is 5.91 Å². The van der Waals surface area contributed by atoms with Gasteiger partial charge in [-0.3, -0.25) is 9.78 Å². The molecule has 3 aromatic heterocycles. The summed E-state index contributed by atoms with van der Waals surface area (Å²) in [6.45, 7) is 3.22. The number of pyridine rings is 1. The maximum atomic E-state index is 12.8. The fourth-order valence-corrected chi connectivity index (χ4v) is 4.25. The predicted molar refractivity (Wildman–Crippen MR) is 111 cm³/mol. The fourth-order valence-electron chi connectivity index (χ4n) is 4.25. The van der Waals surface area contributed by atoms with Gasteiger partial charge in [0.2, 0.25) is 0 Å². The summed E-state index contributed by atoms with van der Waals surface area (Å²) in [5.74, 6) is 0.792. The second-order valence-corrected chi connectivity index (χ2v) is 7.86. The summed E-state index contributed by atoms with van der Waals surface area (Å²) < 4.78 is 7.56. The molecule has 156 valence electrons. The number of anilines is 1. The number of rotatable bonds is 4. The number of hydrogen-bond donors (Lipinski definition) is 1. The van der Waals surface area contributed by atoms with Crippen molar-refractivity contribution in [2.24, 2.45) is 0 Å². The minimum Gasteiger partial charge on any atom is -0.381 e. The van der Waals surface area contributed by atoms with Crippen LogP contribution < -0.4 is 10.2 Å². The van der Waals surface area contributed by atoms with E-state index in [4.69, 9.17) is 4.74 Å². The number of hydrogen-bond acceptors (Lipinski definition) is 7. The number of imidazole rings is 1. The summed E-state index contributed by atoms with van der Waals surface area (Å²) in [6.07, 6.45) is 12.3. The van der Waals surface area contributed by atoms with E-state index in [0.29, 0.717) is 11.6 Å². The zero-order valence-corrected chi connectivity index (χ0v) is 16.8. The third kappa shape index (κ3) is 3.85. The molecule has 5 rings (SSSR count). The molecule has 0 radical (unpaired) electrons. The molecule has 0 aromatic carbocycles. The molecule has 0 bridgehead atoms. The van der Waals surface area contributed by atoms with Crippen molar-refractivity contribution in [1.82, 2.24) is 29.8 Å².